The van der Waals surface area contributed by atoms with E-state index >= 15 is 0 Å². The van der Waals surface area contributed by atoms with E-state index in [9.17, 15) is 0 Å². The molecule has 0 radical (unpaired) electrons. The molecular formula is C18H17N3O. The van der Waals surface area contributed by atoms with Gasteiger partial charge in [-0.15, -0.1) is 0 Å². The van der Waals surface area contributed by atoms with Crippen molar-refractivity contribution in [2.45, 2.75) is 6.92 Å². The Kier molecular flexibility index (Phi) is 4.01. The second-order valence-corrected chi connectivity index (χ2v) is 5.01. The lowest BCUT2D eigenvalue weighted by molar-refractivity contribution is 0.415. The van der Waals surface area contributed by atoms with E-state index in [2.05, 4.69) is 46.5 Å². The van der Waals surface area contributed by atoms with Crippen LogP contribution < -0.4 is 10.1 Å². The van der Waals surface area contributed by atoms with Crippen LogP contribution in [-0.4, -0.2) is 17.1 Å². The van der Waals surface area contributed by atoms with Crippen molar-refractivity contribution in [3.8, 4) is 16.9 Å². The van der Waals surface area contributed by atoms with Crippen molar-refractivity contribution in [3.63, 3.8) is 0 Å². The number of hydrogen-bond donors (Lipinski definition) is 1. The standard InChI is InChI=1S/C18H17N3O/c1-13-3-5-14(6-4-13)15-11-19-18(20-12-15)21-16-7-9-17(22-2)10-8-16/h3-12H,1-2H3,(H,19,20,21). The average molecular weight is 291 g/mol. The van der Waals surface area contributed by atoms with Gasteiger partial charge in [-0.25, -0.2) is 9.97 Å². The molecule has 0 aliphatic heterocycles. The average Bonchev–Trinajstić information content (AvgIpc) is 2.57. The molecule has 0 aliphatic rings. The van der Waals surface area contributed by atoms with Gasteiger partial charge in [0, 0.05) is 23.6 Å². The summed E-state index contributed by atoms with van der Waals surface area (Å²) in [5.74, 6) is 1.39. The highest BCUT2D eigenvalue weighted by atomic mass is 16.5. The number of benzene rings is 2. The molecule has 0 saturated heterocycles. The van der Waals surface area contributed by atoms with E-state index in [1.165, 1.54) is 5.56 Å². The Morgan fingerprint density at radius 1 is 0.818 bits per heavy atom. The van der Waals surface area contributed by atoms with Gasteiger partial charge in [0.05, 0.1) is 7.11 Å². The van der Waals surface area contributed by atoms with Crippen molar-refractivity contribution in [2.75, 3.05) is 12.4 Å². The number of rotatable bonds is 4. The largest absolute Gasteiger partial charge is 0.497 e. The predicted octanol–water partition coefficient (Wildman–Crippen LogP) is 4.20. The molecular weight excluding hydrogens is 274 g/mol. The molecule has 0 unspecified atom stereocenters. The Labute approximate surface area is 129 Å². The topological polar surface area (TPSA) is 47.0 Å². The maximum Gasteiger partial charge on any atom is 0.227 e. The number of aromatic nitrogens is 2. The first kappa shape index (κ1) is 14.1. The van der Waals surface area contributed by atoms with Crippen LogP contribution in [0.15, 0.2) is 60.9 Å². The summed E-state index contributed by atoms with van der Waals surface area (Å²) in [6.07, 6.45) is 3.65. The maximum absolute atomic E-state index is 5.13. The van der Waals surface area contributed by atoms with Crippen molar-refractivity contribution >= 4 is 11.6 Å². The lowest BCUT2D eigenvalue weighted by Crippen LogP contribution is -1.96. The fraction of sp³-hybridized carbons (Fsp3) is 0.111. The molecule has 4 nitrogen and oxygen atoms in total. The van der Waals surface area contributed by atoms with Crippen LogP contribution in [0.1, 0.15) is 5.56 Å². The Hall–Kier alpha value is -2.88. The van der Waals surface area contributed by atoms with Crippen LogP contribution >= 0.6 is 0 Å². The molecule has 3 rings (SSSR count). The van der Waals surface area contributed by atoms with Gasteiger partial charge >= 0.3 is 0 Å². The Morgan fingerprint density at radius 2 is 1.45 bits per heavy atom. The van der Waals surface area contributed by atoms with Crippen LogP contribution in [0.2, 0.25) is 0 Å². The molecule has 1 N–H and O–H groups in total. The second kappa shape index (κ2) is 6.26. The molecule has 4 heteroatoms. The molecule has 0 saturated carbocycles. The molecule has 0 spiro atoms. The summed E-state index contributed by atoms with van der Waals surface area (Å²) in [6, 6.07) is 15.9. The zero-order valence-corrected chi connectivity index (χ0v) is 12.6. The van der Waals surface area contributed by atoms with E-state index < -0.39 is 0 Å². The number of methoxy groups -OCH3 is 1. The van der Waals surface area contributed by atoms with Crippen molar-refractivity contribution < 1.29 is 4.74 Å². The van der Waals surface area contributed by atoms with Crippen LogP contribution in [-0.2, 0) is 0 Å². The van der Waals surface area contributed by atoms with Crippen LogP contribution in [0.3, 0.4) is 0 Å². The van der Waals surface area contributed by atoms with E-state index in [0.717, 1.165) is 22.6 Å². The minimum Gasteiger partial charge on any atom is -0.497 e. The third-order valence-electron chi connectivity index (χ3n) is 3.38. The predicted molar refractivity (Wildman–Crippen MR) is 88.5 cm³/mol. The molecule has 0 bridgehead atoms. The summed E-state index contributed by atoms with van der Waals surface area (Å²) in [5, 5.41) is 3.17. The van der Waals surface area contributed by atoms with Crippen LogP contribution in [0.5, 0.6) is 5.75 Å². The van der Waals surface area contributed by atoms with Crippen molar-refractivity contribution in [2.24, 2.45) is 0 Å². The first-order valence-electron chi connectivity index (χ1n) is 7.05. The summed E-state index contributed by atoms with van der Waals surface area (Å²) >= 11 is 0. The van der Waals surface area contributed by atoms with Crippen molar-refractivity contribution in [3.05, 3.63) is 66.5 Å². The normalized spacial score (nSPS) is 10.3. The van der Waals surface area contributed by atoms with E-state index in [1.807, 2.05) is 36.7 Å². The smallest absolute Gasteiger partial charge is 0.227 e. The first-order chi connectivity index (χ1) is 10.7. The van der Waals surface area contributed by atoms with Gasteiger partial charge in [0.2, 0.25) is 5.95 Å². The molecule has 110 valence electrons. The molecule has 0 aliphatic carbocycles. The van der Waals surface area contributed by atoms with Crippen molar-refractivity contribution in [1.29, 1.82) is 0 Å². The molecule has 2 aromatic carbocycles. The fourth-order valence-electron chi connectivity index (χ4n) is 2.09. The van der Waals surface area contributed by atoms with Gasteiger partial charge in [-0.05, 0) is 36.8 Å². The molecule has 0 amide bonds. The zero-order chi connectivity index (χ0) is 15.4. The van der Waals surface area contributed by atoms with E-state index in [0.29, 0.717) is 5.95 Å². The van der Waals surface area contributed by atoms with Crippen molar-refractivity contribution in [1.82, 2.24) is 9.97 Å². The lowest BCUT2D eigenvalue weighted by atomic mass is 10.1. The summed E-state index contributed by atoms with van der Waals surface area (Å²) < 4.78 is 5.13. The van der Waals surface area contributed by atoms with Gasteiger partial charge < -0.3 is 10.1 Å². The summed E-state index contributed by atoms with van der Waals surface area (Å²) in [7, 11) is 1.65. The monoisotopic (exact) mass is 291 g/mol. The quantitative estimate of drug-likeness (QED) is 0.782. The van der Waals surface area contributed by atoms with Crippen LogP contribution in [0.25, 0.3) is 11.1 Å². The molecule has 1 aromatic heterocycles. The minimum absolute atomic E-state index is 0.570. The summed E-state index contributed by atoms with van der Waals surface area (Å²) in [4.78, 5) is 8.72. The van der Waals surface area contributed by atoms with Crippen LogP contribution in [0.4, 0.5) is 11.6 Å². The summed E-state index contributed by atoms with van der Waals surface area (Å²) in [6.45, 7) is 2.07. The SMILES string of the molecule is COc1ccc(Nc2ncc(-c3ccc(C)cc3)cn2)cc1. The number of anilines is 2. The minimum atomic E-state index is 0.570. The van der Waals surface area contributed by atoms with Crippen LogP contribution in [0, 0.1) is 6.92 Å². The zero-order valence-electron chi connectivity index (χ0n) is 12.6. The van der Waals surface area contributed by atoms with E-state index in [-0.39, 0.29) is 0 Å². The Balaban J connectivity index is 1.74. The number of aryl methyl sites for hydroxylation is 1. The number of nitrogens with one attached hydrogen (secondary N) is 1. The van der Waals surface area contributed by atoms with E-state index in [1.54, 1.807) is 7.11 Å². The first-order valence-corrected chi connectivity index (χ1v) is 7.05. The number of hydrogen-bond acceptors (Lipinski definition) is 4. The molecule has 0 atom stereocenters. The Bertz CT molecular complexity index is 735. The van der Waals surface area contributed by atoms with Gasteiger partial charge in [0.25, 0.3) is 0 Å². The third kappa shape index (κ3) is 3.23. The highest BCUT2D eigenvalue weighted by Gasteiger charge is 2.01. The van der Waals surface area contributed by atoms with Gasteiger partial charge in [0.1, 0.15) is 5.75 Å². The fourth-order valence-corrected chi connectivity index (χ4v) is 2.09. The van der Waals surface area contributed by atoms with Gasteiger partial charge in [-0.1, -0.05) is 29.8 Å². The second-order valence-electron chi connectivity index (χ2n) is 5.01. The third-order valence-corrected chi connectivity index (χ3v) is 3.38. The molecule has 1 heterocycles. The Morgan fingerprint density at radius 3 is 2.05 bits per heavy atom. The van der Waals surface area contributed by atoms with Gasteiger partial charge in [-0.3, -0.25) is 0 Å². The number of nitrogens with zero attached hydrogens (tertiary/aromatic N) is 2. The number of ether oxygens (including phenoxy) is 1. The lowest BCUT2D eigenvalue weighted by Gasteiger charge is -2.07. The highest BCUT2D eigenvalue weighted by Crippen LogP contribution is 2.21. The van der Waals surface area contributed by atoms with Gasteiger partial charge in [-0.2, -0.15) is 0 Å². The highest BCUT2D eigenvalue weighted by molar-refractivity contribution is 5.63. The summed E-state index contributed by atoms with van der Waals surface area (Å²) in [5.41, 5.74) is 4.27. The molecule has 3 aromatic rings. The van der Waals surface area contributed by atoms with Gasteiger partial charge in [0.15, 0.2) is 0 Å². The maximum atomic E-state index is 5.13. The molecule has 22 heavy (non-hydrogen) atoms. The molecule has 0 fully saturated rings. The van der Waals surface area contributed by atoms with E-state index in [4.69, 9.17) is 4.74 Å².